The highest BCUT2D eigenvalue weighted by molar-refractivity contribution is 5.80. The Labute approximate surface area is 144 Å². The van der Waals surface area contributed by atoms with E-state index in [9.17, 15) is 0 Å². The van der Waals surface area contributed by atoms with Gasteiger partial charge < -0.3 is 9.88 Å². The van der Waals surface area contributed by atoms with Crippen LogP contribution in [-0.2, 0) is 13.6 Å². The summed E-state index contributed by atoms with van der Waals surface area (Å²) >= 11 is 0. The Morgan fingerprint density at radius 2 is 2.04 bits per heavy atom. The van der Waals surface area contributed by atoms with Crippen LogP contribution < -0.4 is 5.32 Å². The molecule has 4 aromatic rings. The standard InChI is InChI=1S/C18H19N7/c1-23-10-8-16(22-23)25-15-5-3-2-4-14(15)21-18(25)20-12-17-19-9-11-24(17)13-6-7-13/h2-5,8-11,13H,6-7,12H2,1H3,(H,20,21). The molecule has 1 aliphatic carbocycles. The summed E-state index contributed by atoms with van der Waals surface area (Å²) in [7, 11) is 1.92. The number of aryl methyl sites for hydroxylation is 1. The lowest BCUT2D eigenvalue weighted by Gasteiger charge is -2.10. The summed E-state index contributed by atoms with van der Waals surface area (Å²) in [6.07, 6.45) is 8.37. The normalized spacial score (nSPS) is 14.3. The fourth-order valence-electron chi connectivity index (χ4n) is 3.22. The highest BCUT2D eigenvalue weighted by atomic mass is 15.3. The summed E-state index contributed by atoms with van der Waals surface area (Å²) in [5.41, 5.74) is 1.98. The molecule has 0 amide bonds. The van der Waals surface area contributed by atoms with Gasteiger partial charge in [0.05, 0.1) is 17.6 Å². The SMILES string of the molecule is Cn1ccc(-n2c(NCc3nccn3C3CC3)nc3ccccc32)n1. The average molecular weight is 333 g/mol. The van der Waals surface area contributed by atoms with Crippen LogP contribution in [0.5, 0.6) is 0 Å². The van der Waals surface area contributed by atoms with Gasteiger partial charge in [-0.1, -0.05) is 12.1 Å². The first kappa shape index (κ1) is 14.3. The third-order valence-electron chi connectivity index (χ3n) is 4.58. The molecule has 1 saturated carbocycles. The van der Waals surface area contributed by atoms with E-state index in [4.69, 9.17) is 4.98 Å². The minimum atomic E-state index is 0.619. The number of anilines is 1. The van der Waals surface area contributed by atoms with E-state index in [1.807, 2.05) is 43.7 Å². The van der Waals surface area contributed by atoms with Crippen molar-refractivity contribution >= 4 is 17.0 Å². The van der Waals surface area contributed by atoms with Crippen molar-refractivity contribution in [2.24, 2.45) is 7.05 Å². The van der Waals surface area contributed by atoms with Gasteiger partial charge in [0.2, 0.25) is 5.95 Å². The highest BCUT2D eigenvalue weighted by Gasteiger charge is 2.25. The number of benzene rings is 1. The van der Waals surface area contributed by atoms with Gasteiger partial charge in [0.25, 0.3) is 0 Å². The molecule has 1 aromatic carbocycles. The van der Waals surface area contributed by atoms with Crippen LogP contribution >= 0.6 is 0 Å². The molecular weight excluding hydrogens is 314 g/mol. The third-order valence-corrected chi connectivity index (χ3v) is 4.58. The van der Waals surface area contributed by atoms with Crippen LogP contribution in [0.3, 0.4) is 0 Å². The molecule has 1 aliphatic rings. The Balaban J connectivity index is 1.53. The predicted molar refractivity (Wildman–Crippen MR) is 95.7 cm³/mol. The minimum absolute atomic E-state index is 0.619. The van der Waals surface area contributed by atoms with Gasteiger partial charge in [-0.25, -0.2) is 9.97 Å². The van der Waals surface area contributed by atoms with Crippen LogP contribution in [0.4, 0.5) is 5.95 Å². The number of hydrogen-bond acceptors (Lipinski definition) is 4. The molecule has 1 fully saturated rings. The molecule has 7 nitrogen and oxygen atoms in total. The number of rotatable bonds is 5. The van der Waals surface area contributed by atoms with Gasteiger partial charge in [0, 0.05) is 37.7 Å². The Morgan fingerprint density at radius 3 is 2.84 bits per heavy atom. The fourth-order valence-corrected chi connectivity index (χ4v) is 3.22. The molecule has 0 spiro atoms. The number of aromatic nitrogens is 6. The lowest BCUT2D eigenvalue weighted by atomic mass is 10.3. The van der Waals surface area contributed by atoms with E-state index in [1.165, 1.54) is 12.8 Å². The van der Waals surface area contributed by atoms with E-state index in [-0.39, 0.29) is 0 Å². The molecule has 7 heteroatoms. The number of nitrogens with zero attached hydrogens (tertiary/aromatic N) is 6. The number of hydrogen-bond donors (Lipinski definition) is 1. The molecule has 0 saturated heterocycles. The summed E-state index contributed by atoms with van der Waals surface area (Å²) in [5, 5.41) is 8.00. The largest absolute Gasteiger partial charge is 0.348 e. The van der Waals surface area contributed by atoms with E-state index in [1.54, 1.807) is 4.68 Å². The van der Waals surface area contributed by atoms with Crippen LogP contribution in [0, 0.1) is 0 Å². The molecule has 126 valence electrons. The zero-order valence-corrected chi connectivity index (χ0v) is 14.0. The summed E-state index contributed by atoms with van der Waals surface area (Å²) in [5.74, 6) is 2.68. The quantitative estimate of drug-likeness (QED) is 0.610. The molecule has 3 aromatic heterocycles. The summed E-state index contributed by atoms with van der Waals surface area (Å²) in [4.78, 5) is 9.25. The Hall–Kier alpha value is -3.09. The number of nitrogens with one attached hydrogen (secondary N) is 1. The van der Waals surface area contributed by atoms with Crippen LogP contribution in [0.2, 0.25) is 0 Å². The second-order valence-electron chi connectivity index (χ2n) is 6.44. The summed E-state index contributed by atoms with van der Waals surface area (Å²) in [6, 6.07) is 10.7. The van der Waals surface area contributed by atoms with Crippen molar-refractivity contribution in [2.45, 2.75) is 25.4 Å². The molecule has 3 heterocycles. The summed E-state index contributed by atoms with van der Waals surface area (Å²) in [6.45, 7) is 0.639. The third kappa shape index (κ3) is 2.48. The van der Waals surface area contributed by atoms with Crippen LogP contribution in [0.25, 0.3) is 16.9 Å². The zero-order valence-electron chi connectivity index (χ0n) is 14.0. The monoisotopic (exact) mass is 333 g/mol. The van der Waals surface area contributed by atoms with Crippen LogP contribution in [0.15, 0.2) is 48.9 Å². The van der Waals surface area contributed by atoms with Gasteiger partial charge in [-0.05, 0) is 25.0 Å². The Bertz CT molecular complexity index is 1030. The number of imidazole rings is 2. The molecule has 0 atom stereocenters. The highest BCUT2D eigenvalue weighted by Crippen LogP contribution is 2.35. The molecule has 1 N–H and O–H groups in total. The molecule has 0 aliphatic heterocycles. The lowest BCUT2D eigenvalue weighted by Crippen LogP contribution is -2.11. The fraction of sp³-hybridized carbons (Fsp3) is 0.278. The average Bonchev–Trinajstić information content (AvgIpc) is 3.04. The maximum atomic E-state index is 4.75. The van der Waals surface area contributed by atoms with Crippen molar-refractivity contribution in [2.75, 3.05) is 5.32 Å². The topological polar surface area (TPSA) is 65.5 Å². The van der Waals surface area contributed by atoms with Crippen LogP contribution in [-0.4, -0.2) is 28.9 Å². The van der Waals surface area contributed by atoms with Crippen molar-refractivity contribution in [3.63, 3.8) is 0 Å². The number of fused-ring (bicyclic) bond motifs is 1. The Morgan fingerprint density at radius 1 is 1.16 bits per heavy atom. The molecule has 0 bridgehead atoms. The van der Waals surface area contributed by atoms with E-state index >= 15 is 0 Å². The van der Waals surface area contributed by atoms with Gasteiger partial charge in [-0.3, -0.25) is 9.25 Å². The van der Waals surface area contributed by atoms with Crippen molar-refractivity contribution in [3.05, 3.63) is 54.7 Å². The van der Waals surface area contributed by atoms with Gasteiger partial charge in [-0.15, -0.1) is 0 Å². The van der Waals surface area contributed by atoms with E-state index in [2.05, 4.69) is 36.8 Å². The first-order valence-electron chi connectivity index (χ1n) is 8.53. The first-order valence-corrected chi connectivity index (χ1v) is 8.53. The molecule has 5 rings (SSSR count). The second-order valence-corrected chi connectivity index (χ2v) is 6.44. The van der Waals surface area contributed by atoms with Crippen LogP contribution in [0.1, 0.15) is 24.7 Å². The summed E-state index contributed by atoms with van der Waals surface area (Å²) < 4.78 is 6.12. The smallest absolute Gasteiger partial charge is 0.210 e. The maximum absolute atomic E-state index is 4.75. The molecule has 25 heavy (non-hydrogen) atoms. The maximum Gasteiger partial charge on any atom is 0.210 e. The van der Waals surface area contributed by atoms with Gasteiger partial charge >= 0.3 is 0 Å². The molecule has 0 unspecified atom stereocenters. The van der Waals surface area contributed by atoms with Gasteiger partial charge in [0.15, 0.2) is 5.82 Å². The second kappa shape index (κ2) is 5.47. The van der Waals surface area contributed by atoms with Crippen molar-refractivity contribution in [1.82, 2.24) is 28.9 Å². The minimum Gasteiger partial charge on any atom is -0.348 e. The van der Waals surface area contributed by atoms with Gasteiger partial charge in [-0.2, -0.15) is 5.10 Å². The van der Waals surface area contributed by atoms with E-state index in [0.29, 0.717) is 12.6 Å². The Kier molecular flexibility index (Phi) is 3.12. The lowest BCUT2D eigenvalue weighted by molar-refractivity contribution is 0.688. The van der Waals surface area contributed by atoms with E-state index in [0.717, 1.165) is 28.6 Å². The van der Waals surface area contributed by atoms with Crippen molar-refractivity contribution < 1.29 is 0 Å². The molecular formula is C18H19N7. The first-order chi connectivity index (χ1) is 12.3. The van der Waals surface area contributed by atoms with Crippen molar-refractivity contribution in [1.29, 1.82) is 0 Å². The van der Waals surface area contributed by atoms with Crippen molar-refractivity contribution in [3.8, 4) is 5.82 Å². The van der Waals surface area contributed by atoms with E-state index < -0.39 is 0 Å². The predicted octanol–water partition coefficient (Wildman–Crippen LogP) is 2.90. The number of para-hydroxylation sites is 2. The van der Waals surface area contributed by atoms with Gasteiger partial charge in [0.1, 0.15) is 5.82 Å². The zero-order chi connectivity index (χ0) is 16.8. The molecule has 0 radical (unpaired) electrons.